The minimum Gasteiger partial charge on any atom is -0.282 e. The second-order valence-corrected chi connectivity index (χ2v) is 14.9. The van der Waals surface area contributed by atoms with Crippen LogP contribution < -0.4 is 0 Å². The number of hydrogen-bond donors (Lipinski definition) is 0. The molecular weight excluding hydrogens is 635 g/mol. The van der Waals surface area contributed by atoms with E-state index in [1.54, 1.807) is 0 Å². The van der Waals surface area contributed by atoms with Crippen LogP contribution in [0.1, 0.15) is 11.3 Å². The van der Waals surface area contributed by atoms with Gasteiger partial charge in [-0.1, -0.05) is 115 Å². The van der Waals surface area contributed by atoms with E-state index < -0.39 is 0 Å². The maximum Gasteiger partial charge on any atom is 0.235 e. The van der Waals surface area contributed by atoms with E-state index >= 15 is 0 Å². The number of aryl methyl sites for hydroxylation is 1. The Hall–Kier alpha value is -5.62. The highest BCUT2D eigenvalue weighted by Crippen LogP contribution is 2.49. The Kier molecular flexibility index (Phi) is 5.82. The third-order valence-electron chi connectivity index (χ3n) is 10.2. The summed E-state index contributed by atoms with van der Waals surface area (Å²) in [5.74, 6) is 0.727. The average Bonchev–Trinajstić information content (AvgIpc) is 3.84. The molecule has 0 unspecified atom stereocenters. The third-order valence-corrected chi connectivity index (χ3v) is 12.6. The Bertz CT molecular complexity index is 2950. The van der Waals surface area contributed by atoms with E-state index in [-0.39, 0.29) is 0 Å². The van der Waals surface area contributed by atoms with Crippen molar-refractivity contribution < 1.29 is 0 Å². The standard InChI is InChI=1S/C44H27N3S2/c1-2-11-26(12-3-1)41-33-15-4-7-18-35(33)45-44(46-41)47-36-24-23-32-30-14-6-9-20-39(30)49-43(32)40(36)34-22-21-27(25-37(34)47)28-16-10-17-31-29-13-5-8-19-38(29)48-42(28)31/h1-22,25H,23-24H2. The van der Waals surface area contributed by atoms with E-state index in [1.165, 1.54) is 68.5 Å². The second-order valence-electron chi connectivity index (χ2n) is 12.8. The quantitative estimate of drug-likeness (QED) is 0.189. The van der Waals surface area contributed by atoms with Crippen molar-refractivity contribution in [2.45, 2.75) is 12.8 Å². The van der Waals surface area contributed by atoms with E-state index in [0.717, 1.165) is 46.5 Å². The first-order chi connectivity index (χ1) is 24.3. The molecule has 0 spiro atoms. The molecule has 3 nitrogen and oxygen atoms in total. The molecule has 0 N–H and O–H groups in total. The van der Waals surface area contributed by atoms with Crippen LogP contribution in [0.3, 0.4) is 0 Å². The Balaban J connectivity index is 1.23. The number of hydrogen-bond acceptors (Lipinski definition) is 4. The van der Waals surface area contributed by atoms with Gasteiger partial charge in [0.2, 0.25) is 5.95 Å². The summed E-state index contributed by atoms with van der Waals surface area (Å²) in [7, 11) is 0. The third kappa shape index (κ3) is 4.00. The Morgan fingerprint density at radius 1 is 0.531 bits per heavy atom. The van der Waals surface area contributed by atoms with Crippen molar-refractivity contribution in [1.29, 1.82) is 0 Å². The molecule has 1 aliphatic rings. The normalized spacial score (nSPS) is 12.7. The van der Waals surface area contributed by atoms with Crippen molar-refractivity contribution in [3.05, 3.63) is 151 Å². The van der Waals surface area contributed by atoms with Crippen LogP contribution in [0.5, 0.6) is 0 Å². The zero-order valence-electron chi connectivity index (χ0n) is 26.4. The largest absolute Gasteiger partial charge is 0.282 e. The van der Waals surface area contributed by atoms with Gasteiger partial charge in [0, 0.05) is 57.3 Å². The molecule has 10 aromatic rings. The topological polar surface area (TPSA) is 30.7 Å². The lowest BCUT2D eigenvalue weighted by atomic mass is 9.92. The van der Waals surface area contributed by atoms with Gasteiger partial charge in [0.1, 0.15) is 0 Å². The van der Waals surface area contributed by atoms with Crippen LogP contribution in [-0.2, 0) is 12.8 Å². The van der Waals surface area contributed by atoms with Crippen molar-refractivity contribution in [2.75, 3.05) is 0 Å². The van der Waals surface area contributed by atoms with E-state index in [1.807, 2.05) is 22.7 Å². The number of para-hydroxylation sites is 1. The molecule has 0 saturated carbocycles. The van der Waals surface area contributed by atoms with E-state index in [0.29, 0.717) is 0 Å². The van der Waals surface area contributed by atoms with Crippen LogP contribution >= 0.6 is 22.7 Å². The van der Waals surface area contributed by atoms with Crippen LogP contribution in [-0.4, -0.2) is 14.5 Å². The summed E-state index contributed by atoms with van der Waals surface area (Å²) in [5, 5.41) is 6.34. The first kappa shape index (κ1) is 27.3. The fourth-order valence-electron chi connectivity index (χ4n) is 7.97. The maximum absolute atomic E-state index is 5.41. The number of aromatic nitrogens is 3. The van der Waals surface area contributed by atoms with Crippen molar-refractivity contribution in [1.82, 2.24) is 14.5 Å². The summed E-state index contributed by atoms with van der Waals surface area (Å²) in [6, 6.07) is 50.4. The van der Waals surface area contributed by atoms with Crippen LogP contribution in [0.25, 0.3) is 90.8 Å². The first-order valence-electron chi connectivity index (χ1n) is 16.7. The summed E-state index contributed by atoms with van der Waals surface area (Å²) < 4.78 is 6.37. The van der Waals surface area contributed by atoms with E-state index in [9.17, 15) is 0 Å². The maximum atomic E-state index is 5.41. The number of nitrogens with zero attached hydrogens (tertiary/aromatic N) is 3. The first-order valence-corrected chi connectivity index (χ1v) is 18.3. The van der Waals surface area contributed by atoms with Crippen LogP contribution in [0, 0.1) is 0 Å². The zero-order chi connectivity index (χ0) is 32.1. The highest BCUT2D eigenvalue weighted by molar-refractivity contribution is 7.26. The molecule has 6 aromatic carbocycles. The van der Waals surface area contributed by atoms with Gasteiger partial charge in [-0.15, -0.1) is 22.7 Å². The summed E-state index contributed by atoms with van der Waals surface area (Å²) in [5.41, 5.74) is 10.7. The molecule has 0 atom stereocenters. The summed E-state index contributed by atoms with van der Waals surface area (Å²) in [4.78, 5) is 12.1. The van der Waals surface area contributed by atoms with Gasteiger partial charge in [-0.3, -0.25) is 4.57 Å². The molecule has 0 radical (unpaired) electrons. The number of fused-ring (bicyclic) bond motifs is 11. The highest BCUT2D eigenvalue weighted by Gasteiger charge is 2.29. The molecule has 49 heavy (non-hydrogen) atoms. The minimum absolute atomic E-state index is 0.727. The molecule has 0 bridgehead atoms. The molecule has 11 rings (SSSR count). The van der Waals surface area contributed by atoms with Gasteiger partial charge in [-0.05, 0) is 59.2 Å². The van der Waals surface area contributed by atoms with Gasteiger partial charge in [-0.2, -0.15) is 0 Å². The molecule has 4 aromatic heterocycles. The molecule has 230 valence electrons. The number of rotatable bonds is 3. The van der Waals surface area contributed by atoms with E-state index in [4.69, 9.17) is 9.97 Å². The number of thiophene rings is 2. The SMILES string of the molecule is c1ccc(-c2nc(-n3c4c(c5ccc(-c6cccc7c6sc6ccccc67)cc53)-c3sc5ccccc5c3CC4)nc3ccccc23)cc1. The Morgan fingerprint density at radius 3 is 2.14 bits per heavy atom. The molecule has 0 fully saturated rings. The van der Waals surface area contributed by atoms with E-state index in [2.05, 4.69) is 144 Å². The lowest BCUT2D eigenvalue weighted by Gasteiger charge is -2.17. The fraction of sp³-hybridized carbons (Fsp3) is 0.0455. The van der Waals surface area contributed by atoms with Gasteiger partial charge < -0.3 is 0 Å². The highest BCUT2D eigenvalue weighted by atomic mass is 32.1. The lowest BCUT2D eigenvalue weighted by molar-refractivity contribution is 0.843. The Labute approximate surface area is 290 Å². The predicted molar refractivity (Wildman–Crippen MR) is 208 cm³/mol. The molecule has 1 aliphatic carbocycles. The van der Waals surface area contributed by atoms with Gasteiger partial charge in [0.25, 0.3) is 0 Å². The molecule has 0 amide bonds. The smallest absolute Gasteiger partial charge is 0.235 e. The van der Waals surface area contributed by atoms with Gasteiger partial charge in [0.15, 0.2) is 0 Å². The van der Waals surface area contributed by atoms with Crippen LogP contribution in [0.2, 0.25) is 0 Å². The average molecular weight is 662 g/mol. The van der Waals surface area contributed by atoms with Gasteiger partial charge in [-0.25, -0.2) is 9.97 Å². The van der Waals surface area contributed by atoms with Crippen molar-refractivity contribution in [2.24, 2.45) is 0 Å². The van der Waals surface area contributed by atoms with Gasteiger partial charge in [0.05, 0.1) is 16.7 Å². The van der Waals surface area contributed by atoms with Crippen LogP contribution in [0.15, 0.2) is 140 Å². The predicted octanol–water partition coefficient (Wildman–Crippen LogP) is 12.3. The molecule has 5 heteroatoms. The summed E-state index contributed by atoms with van der Waals surface area (Å²) in [6.07, 6.45) is 1.92. The molecule has 0 saturated heterocycles. The Morgan fingerprint density at radius 2 is 1.27 bits per heavy atom. The minimum atomic E-state index is 0.727. The number of benzene rings is 6. The van der Waals surface area contributed by atoms with Crippen LogP contribution in [0.4, 0.5) is 0 Å². The lowest BCUT2D eigenvalue weighted by Crippen LogP contribution is -2.10. The fourth-order valence-corrected chi connectivity index (χ4v) is 10.5. The van der Waals surface area contributed by atoms with Gasteiger partial charge >= 0.3 is 0 Å². The summed E-state index contributed by atoms with van der Waals surface area (Å²) >= 11 is 3.80. The molecular formula is C44H27N3S2. The second kappa shape index (κ2) is 10.4. The molecule has 0 aliphatic heterocycles. The zero-order valence-corrected chi connectivity index (χ0v) is 28.0. The van der Waals surface area contributed by atoms with Crippen molar-refractivity contribution in [3.63, 3.8) is 0 Å². The van der Waals surface area contributed by atoms with Crippen molar-refractivity contribution >= 4 is 74.7 Å². The monoisotopic (exact) mass is 661 g/mol. The summed E-state index contributed by atoms with van der Waals surface area (Å²) in [6.45, 7) is 0. The van der Waals surface area contributed by atoms with Crippen molar-refractivity contribution in [3.8, 4) is 38.8 Å². The molecule has 4 heterocycles.